The lowest BCUT2D eigenvalue weighted by molar-refractivity contribution is -0.127. The molecular weight excluding hydrogens is 439 g/mol. The highest BCUT2D eigenvalue weighted by atomic mass is 19.1. The average molecular weight is 469 g/mol. The van der Waals surface area contributed by atoms with Crippen LogP contribution in [-0.2, 0) is 22.6 Å². The summed E-state index contributed by atoms with van der Waals surface area (Å²) in [5.41, 5.74) is 2.25. The number of hydrogen-bond donors (Lipinski definition) is 1. The Morgan fingerprint density at radius 2 is 1.94 bits per heavy atom. The second-order valence-corrected chi connectivity index (χ2v) is 8.41. The molecule has 2 fully saturated rings. The highest BCUT2D eigenvalue weighted by molar-refractivity contribution is 5.89. The summed E-state index contributed by atoms with van der Waals surface area (Å²) in [5, 5.41) is 3.15. The number of hydrogen-bond acceptors (Lipinski definition) is 7. The fourth-order valence-electron chi connectivity index (χ4n) is 4.06. The van der Waals surface area contributed by atoms with Gasteiger partial charge in [-0.25, -0.2) is 14.2 Å². The number of anilines is 2. The van der Waals surface area contributed by atoms with Crippen molar-refractivity contribution in [2.24, 2.45) is 0 Å². The predicted molar refractivity (Wildman–Crippen MR) is 126 cm³/mol. The van der Waals surface area contributed by atoms with Crippen LogP contribution in [0.2, 0.25) is 0 Å². The van der Waals surface area contributed by atoms with E-state index in [1.54, 1.807) is 6.07 Å². The van der Waals surface area contributed by atoms with Crippen molar-refractivity contribution in [3.8, 4) is 0 Å². The molecule has 2 atom stereocenters. The number of aromatic nitrogens is 2. The molecule has 180 valence electrons. The van der Waals surface area contributed by atoms with E-state index in [1.165, 1.54) is 29.7 Å². The Morgan fingerprint density at radius 3 is 2.62 bits per heavy atom. The van der Waals surface area contributed by atoms with Crippen molar-refractivity contribution in [1.82, 2.24) is 19.8 Å². The molecule has 0 saturated carbocycles. The van der Waals surface area contributed by atoms with Gasteiger partial charge in [-0.3, -0.25) is 14.6 Å². The minimum atomic E-state index is -1.24. The average Bonchev–Trinajstić information content (AvgIpc) is 3.25. The molecule has 2 unspecified atom stereocenters. The molecule has 10 heteroatoms. The van der Waals surface area contributed by atoms with Crippen LogP contribution in [0, 0.1) is 0 Å². The first-order valence-electron chi connectivity index (χ1n) is 11.3. The molecular formula is C24H29FN6O3. The third kappa shape index (κ3) is 5.51. The largest absolute Gasteiger partial charge is 0.447 e. The van der Waals surface area contributed by atoms with Gasteiger partial charge in [-0.1, -0.05) is 30.8 Å². The van der Waals surface area contributed by atoms with Gasteiger partial charge in [-0.15, -0.1) is 0 Å². The Balaban J connectivity index is 1.30. The molecule has 1 N–H and O–H groups in total. The van der Waals surface area contributed by atoms with Crippen molar-refractivity contribution in [1.29, 1.82) is 0 Å². The maximum Gasteiger partial charge on any atom is 0.416 e. The fourth-order valence-corrected chi connectivity index (χ4v) is 4.06. The first-order valence-corrected chi connectivity index (χ1v) is 11.3. The molecule has 0 aliphatic carbocycles. The van der Waals surface area contributed by atoms with Gasteiger partial charge in [0.25, 0.3) is 0 Å². The van der Waals surface area contributed by atoms with E-state index >= 15 is 0 Å². The highest BCUT2D eigenvalue weighted by Crippen LogP contribution is 2.24. The van der Waals surface area contributed by atoms with Crippen LogP contribution in [0.25, 0.3) is 0 Å². The molecule has 9 nitrogen and oxygen atoms in total. The van der Waals surface area contributed by atoms with Gasteiger partial charge >= 0.3 is 6.09 Å². The quantitative estimate of drug-likeness (QED) is 0.596. The Hall–Kier alpha value is -3.53. The van der Waals surface area contributed by atoms with E-state index in [1.807, 2.05) is 17.0 Å². The summed E-state index contributed by atoms with van der Waals surface area (Å²) in [7, 11) is 0. The van der Waals surface area contributed by atoms with Gasteiger partial charge in [0.15, 0.2) is 0 Å². The zero-order chi connectivity index (χ0) is 24.1. The van der Waals surface area contributed by atoms with Crippen LogP contribution in [0.4, 0.5) is 21.0 Å². The minimum absolute atomic E-state index is 0.00174. The van der Waals surface area contributed by atoms with Crippen LogP contribution < -0.4 is 10.2 Å². The number of piperazine rings is 1. The van der Waals surface area contributed by atoms with Gasteiger partial charge in [-0.05, 0) is 30.2 Å². The fraction of sp³-hybridized carbons (Fsp3) is 0.417. The monoisotopic (exact) mass is 468 g/mol. The molecule has 34 heavy (non-hydrogen) atoms. The lowest BCUT2D eigenvalue weighted by Gasteiger charge is -2.34. The number of benzene rings is 1. The van der Waals surface area contributed by atoms with Crippen molar-refractivity contribution in [3.05, 3.63) is 60.3 Å². The van der Waals surface area contributed by atoms with Crippen LogP contribution in [0.3, 0.4) is 0 Å². The standard InChI is InChI=1S/C24H29FN6O3/c1-3-22(32)30-12-10-29(11-13-30)15-19-6-4-18(5-7-19)14-27-23-26-9-8-21(28-23)31-20(17(2)25)16-34-24(31)33/h3-9,17,20H,1,10-16H2,2H3,(H,26,27,28). The number of halogens is 1. The molecule has 3 heterocycles. The van der Waals surface area contributed by atoms with E-state index in [9.17, 15) is 14.0 Å². The zero-order valence-corrected chi connectivity index (χ0v) is 19.2. The van der Waals surface area contributed by atoms with Gasteiger partial charge in [-0.2, -0.15) is 4.98 Å². The molecule has 2 amide bonds. The van der Waals surface area contributed by atoms with Crippen molar-refractivity contribution >= 4 is 23.8 Å². The molecule has 0 spiro atoms. The third-order valence-corrected chi connectivity index (χ3v) is 6.06. The Labute approximate surface area is 198 Å². The maximum absolute atomic E-state index is 13.9. The van der Waals surface area contributed by atoms with Crippen LogP contribution in [0.1, 0.15) is 18.1 Å². The number of alkyl halides is 1. The summed E-state index contributed by atoms with van der Waals surface area (Å²) < 4.78 is 18.9. The summed E-state index contributed by atoms with van der Waals surface area (Å²) >= 11 is 0. The number of ether oxygens (including phenoxy) is 1. The van der Waals surface area contributed by atoms with Crippen molar-refractivity contribution in [2.45, 2.75) is 32.2 Å². The normalized spacial score (nSPS) is 19.6. The Kier molecular flexibility index (Phi) is 7.36. The second-order valence-electron chi connectivity index (χ2n) is 8.41. The second kappa shape index (κ2) is 10.6. The number of nitrogens with zero attached hydrogens (tertiary/aromatic N) is 5. The number of carbonyl (C=O) groups is 2. The van der Waals surface area contributed by atoms with Gasteiger partial charge < -0.3 is 15.0 Å². The van der Waals surface area contributed by atoms with Crippen LogP contribution in [0.15, 0.2) is 49.2 Å². The van der Waals surface area contributed by atoms with E-state index < -0.39 is 18.3 Å². The van der Waals surface area contributed by atoms with E-state index in [2.05, 4.69) is 38.9 Å². The third-order valence-electron chi connectivity index (χ3n) is 6.06. The first kappa shape index (κ1) is 23.6. The lowest BCUT2D eigenvalue weighted by Crippen LogP contribution is -2.47. The number of cyclic esters (lactones) is 1. The summed E-state index contributed by atoms with van der Waals surface area (Å²) in [6.07, 6.45) is 1.05. The van der Waals surface area contributed by atoms with Crippen molar-refractivity contribution in [3.63, 3.8) is 0 Å². The van der Waals surface area contributed by atoms with Gasteiger partial charge in [0.1, 0.15) is 24.6 Å². The molecule has 2 aliphatic heterocycles. The summed E-state index contributed by atoms with van der Waals surface area (Å²) in [4.78, 5) is 37.7. The summed E-state index contributed by atoms with van der Waals surface area (Å²) in [6, 6.07) is 9.12. The van der Waals surface area contributed by atoms with Crippen LogP contribution in [-0.4, -0.2) is 76.8 Å². The molecule has 4 rings (SSSR count). The topological polar surface area (TPSA) is 90.9 Å². The summed E-state index contributed by atoms with van der Waals surface area (Å²) in [6.45, 7) is 9.37. The smallest absolute Gasteiger partial charge is 0.416 e. The van der Waals surface area contributed by atoms with Gasteiger partial charge in [0, 0.05) is 45.5 Å². The lowest BCUT2D eigenvalue weighted by atomic mass is 10.1. The predicted octanol–water partition coefficient (Wildman–Crippen LogP) is 2.60. The molecule has 2 saturated heterocycles. The maximum atomic E-state index is 13.9. The number of carbonyl (C=O) groups excluding carboxylic acids is 2. The number of rotatable bonds is 8. The molecule has 0 bridgehead atoms. The van der Waals surface area contributed by atoms with Gasteiger partial charge in [0.2, 0.25) is 11.9 Å². The number of nitrogens with one attached hydrogen (secondary N) is 1. The zero-order valence-electron chi connectivity index (χ0n) is 19.2. The Bertz CT molecular complexity index is 1020. The number of amides is 2. The molecule has 2 aromatic rings. The molecule has 1 aromatic heterocycles. The van der Waals surface area contributed by atoms with Crippen molar-refractivity contribution in [2.75, 3.05) is 43.0 Å². The van der Waals surface area contributed by atoms with Crippen molar-refractivity contribution < 1.29 is 18.7 Å². The first-order chi connectivity index (χ1) is 16.4. The molecule has 0 radical (unpaired) electrons. The van der Waals surface area contributed by atoms with Gasteiger partial charge in [0.05, 0.1) is 0 Å². The Morgan fingerprint density at radius 1 is 1.24 bits per heavy atom. The van der Waals surface area contributed by atoms with Crippen LogP contribution in [0.5, 0.6) is 0 Å². The highest BCUT2D eigenvalue weighted by Gasteiger charge is 2.39. The van der Waals surface area contributed by atoms with Crippen LogP contribution >= 0.6 is 0 Å². The SMILES string of the molecule is C=CC(=O)N1CCN(Cc2ccc(CNc3nccc(N4C(=O)OCC4C(C)F)n3)cc2)CC1. The molecule has 1 aromatic carbocycles. The minimum Gasteiger partial charge on any atom is -0.447 e. The van der Waals surface area contributed by atoms with E-state index in [0.29, 0.717) is 31.4 Å². The van der Waals surface area contributed by atoms with E-state index in [-0.39, 0.29) is 12.5 Å². The summed E-state index contributed by atoms with van der Waals surface area (Å²) in [5.74, 6) is 0.640. The van der Waals surface area contributed by atoms with E-state index in [4.69, 9.17) is 4.74 Å². The molecule has 2 aliphatic rings. The van der Waals surface area contributed by atoms with E-state index in [0.717, 1.165) is 25.2 Å².